The summed E-state index contributed by atoms with van der Waals surface area (Å²) in [5.41, 5.74) is 1.24. The summed E-state index contributed by atoms with van der Waals surface area (Å²) in [7, 11) is 0. The van der Waals surface area contributed by atoms with E-state index in [2.05, 4.69) is 4.98 Å². The molecule has 3 nitrogen and oxygen atoms in total. The normalized spacial score (nSPS) is 18.0. The summed E-state index contributed by atoms with van der Waals surface area (Å²) in [5.74, 6) is -3.12. The van der Waals surface area contributed by atoms with Gasteiger partial charge in [-0.05, 0) is 0 Å². The van der Waals surface area contributed by atoms with Crippen LogP contribution in [0.5, 0.6) is 0 Å². The summed E-state index contributed by atoms with van der Waals surface area (Å²) >= 11 is -1.15. The summed E-state index contributed by atoms with van der Waals surface area (Å²) in [6.45, 7) is 0.858. The van der Waals surface area contributed by atoms with E-state index in [0.717, 1.165) is 10.5 Å². The summed E-state index contributed by atoms with van der Waals surface area (Å²) < 4.78 is 31.8. The SMILES string of the molecule is CC(F)(F)c1ccc(I2CC2)cc1-c1cc(=O)[nH]c2c1C(=O)CC2. The Morgan fingerprint density at radius 3 is 2.50 bits per heavy atom. The van der Waals surface area contributed by atoms with Crippen LogP contribution in [0.1, 0.15) is 35.0 Å². The molecule has 1 aliphatic carbocycles. The zero-order chi connectivity index (χ0) is 17.1. The van der Waals surface area contributed by atoms with Crippen molar-refractivity contribution >= 4 is 25.6 Å². The second-order valence-electron chi connectivity index (χ2n) is 6.24. The number of nitrogens with one attached hydrogen (secondary N) is 1. The maximum absolute atomic E-state index is 14.1. The quantitative estimate of drug-likeness (QED) is 0.577. The molecule has 0 amide bonds. The van der Waals surface area contributed by atoms with Crippen LogP contribution in [0.3, 0.4) is 0 Å². The first kappa shape index (κ1) is 15.9. The first-order chi connectivity index (χ1) is 11.3. The molecule has 6 heteroatoms. The van der Waals surface area contributed by atoms with E-state index in [9.17, 15) is 18.4 Å². The fourth-order valence-electron chi connectivity index (χ4n) is 3.24. The zero-order valence-electron chi connectivity index (χ0n) is 13.1. The van der Waals surface area contributed by atoms with Crippen molar-refractivity contribution in [3.05, 3.63) is 55.0 Å². The van der Waals surface area contributed by atoms with Gasteiger partial charge in [-0.15, -0.1) is 0 Å². The number of ketones is 1. The third kappa shape index (κ3) is 2.70. The number of hydrogen-bond donors (Lipinski definition) is 1. The molecule has 1 aromatic carbocycles. The zero-order valence-corrected chi connectivity index (χ0v) is 15.2. The van der Waals surface area contributed by atoms with Gasteiger partial charge in [0.05, 0.1) is 0 Å². The van der Waals surface area contributed by atoms with Crippen LogP contribution in [-0.2, 0) is 12.3 Å². The molecule has 1 aromatic heterocycles. The van der Waals surface area contributed by atoms with E-state index in [0.29, 0.717) is 35.2 Å². The summed E-state index contributed by atoms with van der Waals surface area (Å²) in [5, 5.41) is 0. The van der Waals surface area contributed by atoms with Crippen molar-refractivity contribution in [1.29, 1.82) is 0 Å². The Bertz CT molecular complexity index is 910. The van der Waals surface area contributed by atoms with Gasteiger partial charge < -0.3 is 0 Å². The number of aryl methyl sites for hydroxylation is 1. The number of Topliss-reactive ketones (excluding diaryl/α,β-unsaturated/α-hetero) is 1. The Labute approximate surface area is 144 Å². The van der Waals surface area contributed by atoms with Crippen molar-refractivity contribution < 1.29 is 13.6 Å². The molecular weight excluding hydrogens is 427 g/mol. The molecule has 1 aliphatic heterocycles. The molecule has 2 aliphatic rings. The van der Waals surface area contributed by atoms with Crippen molar-refractivity contribution in [2.24, 2.45) is 0 Å². The number of fused-ring (bicyclic) bond motifs is 1. The molecule has 1 fully saturated rings. The molecule has 126 valence electrons. The molecule has 2 aromatic rings. The number of aromatic amines is 1. The van der Waals surface area contributed by atoms with E-state index in [-0.39, 0.29) is 16.9 Å². The summed E-state index contributed by atoms with van der Waals surface area (Å²) in [4.78, 5) is 26.9. The van der Waals surface area contributed by atoms with E-state index in [1.165, 1.54) is 21.0 Å². The second kappa shape index (κ2) is 5.47. The number of alkyl halides is 4. The van der Waals surface area contributed by atoms with Gasteiger partial charge in [0.15, 0.2) is 0 Å². The van der Waals surface area contributed by atoms with E-state index in [1.807, 2.05) is 12.1 Å². The average Bonchev–Trinajstić information content (AvgIpc) is 3.30. The number of benzene rings is 1. The Balaban J connectivity index is 2.01. The van der Waals surface area contributed by atoms with E-state index in [4.69, 9.17) is 0 Å². The molecule has 24 heavy (non-hydrogen) atoms. The van der Waals surface area contributed by atoms with Gasteiger partial charge in [-0.1, -0.05) is 0 Å². The third-order valence-corrected chi connectivity index (χ3v) is 9.02. The standard InChI is InChI=1S/C18H16F2INO2/c1-18(19,20)13-3-2-10(21-6-7-21)8-11(13)12-9-16(24)22-14-4-5-15(23)17(12)14/h2-3,8-9H,4-7H2,1H3,(H,22,24). The van der Waals surface area contributed by atoms with Gasteiger partial charge in [-0.3, -0.25) is 0 Å². The van der Waals surface area contributed by atoms with Crippen LogP contribution in [0, 0.1) is 3.57 Å². The summed E-state index contributed by atoms with van der Waals surface area (Å²) in [6.07, 6.45) is 0.783. The van der Waals surface area contributed by atoms with E-state index in [1.54, 1.807) is 0 Å². The van der Waals surface area contributed by atoms with Crippen LogP contribution in [-0.4, -0.2) is 19.6 Å². The van der Waals surface area contributed by atoms with E-state index >= 15 is 0 Å². The van der Waals surface area contributed by atoms with E-state index < -0.39 is 25.7 Å². The van der Waals surface area contributed by atoms with Crippen LogP contribution in [0.4, 0.5) is 8.78 Å². The van der Waals surface area contributed by atoms with Gasteiger partial charge >= 0.3 is 145 Å². The second-order valence-corrected chi connectivity index (χ2v) is 12.2. The summed E-state index contributed by atoms with van der Waals surface area (Å²) in [6, 6.07) is 6.40. The first-order valence-corrected chi connectivity index (χ1v) is 11.9. The fraction of sp³-hybridized carbons (Fsp3) is 0.333. The predicted octanol–water partition coefficient (Wildman–Crippen LogP) is 3.97. The number of H-pyrrole nitrogens is 1. The number of carbonyl (C=O) groups excluding carboxylic acids is 1. The van der Waals surface area contributed by atoms with Crippen LogP contribution in [0.15, 0.2) is 29.1 Å². The molecular formula is C18H16F2INO2. The van der Waals surface area contributed by atoms with Gasteiger partial charge in [-0.2, -0.15) is 0 Å². The predicted molar refractivity (Wildman–Crippen MR) is 97.2 cm³/mol. The van der Waals surface area contributed by atoms with Crippen molar-refractivity contribution in [2.45, 2.75) is 25.7 Å². The molecule has 0 radical (unpaired) electrons. The molecule has 0 unspecified atom stereocenters. The van der Waals surface area contributed by atoms with Gasteiger partial charge in [0.2, 0.25) is 0 Å². The Morgan fingerprint density at radius 1 is 1.08 bits per heavy atom. The molecule has 2 heterocycles. The van der Waals surface area contributed by atoms with Gasteiger partial charge in [0.25, 0.3) is 0 Å². The molecule has 0 spiro atoms. The van der Waals surface area contributed by atoms with Gasteiger partial charge in [0, 0.05) is 0 Å². The number of aromatic nitrogens is 1. The monoisotopic (exact) mass is 443 g/mol. The Hall–Kier alpha value is -1.57. The number of rotatable bonds is 3. The van der Waals surface area contributed by atoms with Gasteiger partial charge in [0.1, 0.15) is 0 Å². The molecule has 0 saturated carbocycles. The fourth-order valence-corrected chi connectivity index (χ4v) is 7.49. The number of hydrogen-bond acceptors (Lipinski definition) is 2. The Kier molecular flexibility index (Phi) is 3.63. The minimum atomic E-state index is -3.03. The minimum absolute atomic E-state index is 0.0859. The molecule has 1 saturated heterocycles. The molecule has 1 N–H and O–H groups in total. The van der Waals surface area contributed by atoms with Crippen molar-refractivity contribution in [3.8, 4) is 11.1 Å². The van der Waals surface area contributed by atoms with Crippen LogP contribution in [0.2, 0.25) is 0 Å². The van der Waals surface area contributed by atoms with Crippen LogP contribution < -0.4 is 5.56 Å². The third-order valence-electron chi connectivity index (χ3n) is 4.43. The maximum atomic E-state index is 14.1. The average molecular weight is 443 g/mol. The number of carbonyl (C=O) groups is 1. The van der Waals surface area contributed by atoms with Crippen LogP contribution >= 0.6 is 19.8 Å². The topological polar surface area (TPSA) is 49.9 Å². The van der Waals surface area contributed by atoms with Gasteiger partial charge in [-0.25, -0.2) is 0 Å². The van der Waals surface area contributed by atoms with Crippen molar-refractivity contribution in [2.75, 3.05) is 8.86 Å². The number of pyridine rings is 1. The molecule has 0 bridgehead atoms. The Morgan fingerprint density at radius 2 is 1.83 bits per heavy atom. The molecule has 0 atom stereocenters. The van der Waals surface area contributed by atoms with Crippen molar-refractivity contribution in [1.82, 2.24) is 4.98 Å². The number of halogens is 3. The first-order valence-electron chi connectivity index (χ1n) is 7.78. The van der Waals surface area contributed by atoms with Crippen LogP contribution in [0.25, 0.3) is 11.1 Å². The van der Waals surface area contributed by atoms with Crippen molar-refractivity contribution in [3.63, 3.8) is 0 Å². The molecule has 4 rings (SSSR count).